The van der Waals surface area contributed by atoms with Crippen LogP contribution in [0.4, 0.5) is 0 Å². The largest absolute Gasteiger partial charge is 0.476 e. The molecule has 2 aliphatic rings. The standard InChI is InChI=1S/C20H28O5/c1-13(2)16-10-9-14(3)11-17(16)23-12-20(15-7-5-4-6-8-15)24-18(21)19(22)25-20/h4-8,13-14,16-17,21-22H,9-12H2,1-3H3. The molecule has 5 heteroatoms. The summed E-state index contributed by atoms with van der Waals surface area (Å²) in [5.41, 5.74) is 0.690. The van der Waals surface area contributed by atoms with Crippen LogP contribution < -0.4 is 0 Å². The molecule has 3 rings (SSSR count). The zero-order valence-electron chi connectivity index (χ0n) is 15.1. The minimum atomic E-state index is -1.35. The summed E-state index contributed by atoms with van der Waals surface area (Å²) in [5.74, 6) is -0.915. The highest BCUT2D eigenvalue weighted by Gasteiger charge is 2.47. The zero-order valence-corrected chi connectivity index (χ0v) is 15.1. The first-order valence-corrected chi connectivity index (χ1v) is 9.08. The molecule has 1 saturated carbocycles. The third-order valence-electron chi connectivity index (χ3n) is 5.37. The van der Waals surface area contributed by atoms with Crippen molar-refractivity contribution in [1.82, 2.24) is 0 Å². The summed E-state index contributed by atoms with van der Waals surface area (Å²) in [5, 5.41) is 19.5. The lowest BCUT2D eigenvalue weighted by Crippen LogP contribution is -2.40. The Labute approximate surface area is 149 Å². The molecule has 1 heterocycles. The highest BCUT2D eigenvalue weighted by molar-refractivity contribution is 5.23. The second kappa shape index (κ2) is 7.16. The van der Waals surface area contributed by atoms with Crippen LogP contribution in [0.1, 0.15) is 45.6 Å². The third-order valence-corrected chi connectivity index (χ3v) is 5.37. The first-order valence-electron chi connectivity index (χ1n) is 9.08. The van der Waals surface area contributed by atoms with E-state index in [2.05, 4.69) is 20.8 Å². The lowest BCUT2D eigenvalue weighted by molar-refractivity contribution is -0.234. The van der Waals surface area contributed by atoms with Crippen molar-refractivity contribution < 1.29 is 24.4 Å². The Morgan fingerprint density at radius 2 is 1.76 bits per heavy atom. The van der Waals surface area contributed by atoms with Crippen LogP contribution in [-0.2, 0) is 20.0 Å². The van der Waals surface area contributed by atoms with E-state index >= 15 is 0 Å². The van der Waals surface area contributed by atoms with Gasteiger partial charge in [0.25, 0.3) is 0 Å². The number of benzene rings is 1. The predicted molar refractivity (Wildman–Crippen MR) is 93.7 cm³/mol. The summed E-state index contributed by atoms with van der Waals surface area (Å²) >= 11 is 0. The van der Waals surface area contributed by atoms with Gasteiger partial charge in [0.2, 0.25) is 0 Å². The first kappa shape index (κ1) is 17.9. The van der Waals surface area contributed by atoms with Crippen molar-refractivity contribution in [3.05, 3.63) is 47.8 Å². The number of hydrogen-bond donors (Lipinski definition) is 2. The molecule has 0 amide bonds. The van der Waals surface area contributed by atoms with Gasteiger partial charge in [-0.05, 0) is 30.6 Å². The molecule has 0 aromatic heterocycles. The van der Waals surface area contributed by atoms with Gasteiger partial charge < -0.3 is 24.4 Å². The molecule has 1 aromatic rings. The van der Waals surface area contributed by atoms with Crippen LogP contribution >= 0.6 is 0 Å². The second-order valence-corrected chi connectivity index (χ2v) is 7.61. The van der Waals surface area contributed by atoms with Crippen LogP contribution in [0.25, 0.3) is 0 Å². The molecule has 1 aliphatic carbocycles. The van der Waals surface area contributed by atoms with Crippen molar-refractivity contribution in [2.45, 2.75) is 51.9 Å². The van der Waals surface area contributed by atoms with Crippen LogP contribution in [0.3, 0.4) is 0 Å². The minimum Gasteiger partial charge on any atom is -0.476 e. The highest BCUT2D eigenvalue weighted by Crippen LogP contribution is 2.40. The van der Waals surface area contributed by atoms with Gasteiger partial charge in [-0.1, -0.05) is 57.5 Å². The van der Waals surface area contributed by atoms with Gasteiger partial charge in [0.1, 0.15) is 6.61 Å². The average molecular weight is 348 g/mol. The minimum absolute atomic E-state index is 0.103. The number of rotatable bonds is 5. The van der Waals surface area contributed by atoms with Crippen molar-refractivity contribution in [3.8, 4) is 0 Å². The van der Waals surface area contributed by atoms with Crippen LogP contribution in [0.15, 0.2) is 42.2 Å². The molecule has 1 aliphatic heterocycles. The molecular formula is C20H28O5. The Morgan fingerprint density at radius 1 is 1.12 bits per heavy atom. The Bertz CT molecular complexity index is 596. The normalized spacial score (nSPS) is 28.7. The summed E-state index contributed by atoms with van der Waals surface area (Å²) in [6.45, 7) is 6.81. The first-order chi connectivity index (χ1) is 11.9. The fourth-order valence-electron chi connectivity index (χ4n) is 3.90. The van der Waals surface area contributed by atoms with Gasteiger partial charge in [-0.2, -0.15) is 0 Å². The molecule has 138 valence electrons. The van der Waals surface area contributed by atoms with Gasteiger partial charge in [0, 0.05) is 5.56 Å². The van der Waals surface area contributed by atoms with Gasteiger partial charge in [0.05, 0.1) is 6.10 Å². The molecule has 25 heavy (non-hydrogen) atoms. The number of hydrogen-bond acceptors (Lipinski definition) is 5. The summed E-state index contributed by atoms with van der Waals surface area (Å²) in [6.07, 6.45) is 3.49. The van der Waals surface area contributed by atoms with Gasteiger partial charge in [0.15, 0.2) is 0 Å². The Hall–Kier alpha value is -1.88. The van der Waals surface area contributed by atoms with Gasteiger partial charge in [-0.3, -0.25) is 0 Å². The smallest absolute Gasteiger partial charge is 0.365 e. The second-order valence-electron chi connectivity index (χ2n) is 7.61. The van der Waals surface area contributed by atoms with E-state index in [0.717, 1.165) is 12.8 Å². The lowest BCUT2D eigenvalue weighted by atomic mass is 9.75. The molecule has 0 saturated heterocycles. The molecule has 1 aromatic carbocycles. The van der Waals surface area contributed by atoms with E-state index in [1.165, 1.54) is 6.42 Å². The SMILES string of the molecule is CC1CCC(C(C)C)C(OCC2(c3ccccc3)OC(O)=C(O)O2)C1. The van der Waals surface area contributed by atoms with Gasteiger partial charge >= 0.3 is 17.7 Å². The molecule has 0 bridgehead atoms. The maximum atomic E-state index is 9.74. The van der Waals surface area contributed by atoms with E-state index in [1.54, 1.807) is 0 Å². The number of aliphatic hydroxyl groups excluding tert-OH is 2. The van der Waals surface area contributed by atoms with E-state index in [1.807, 2.05) is 30.3 Å². The van der Waals surface area contributed by atoms with Crippen molar-refractivity contribution in [2.75, 3.05) is 6.61 Å². The Kier molecular flexibility index (Phi) is 5.13. The predicted octanol–water partition coefficient (Wildman–Crippen LogP) is 4.61. The molecule has 2 N–H and O–H groups in total. The van der Waals surface area contributed by atoms with E-state index < -0.39 is 17.7 Å². The highest BCUT2D eigenvalue weighted by atomic mass is 16.8. The Morgan fingerprint density at radius 3 is 2.36 bits per heavy atom. The van der Waals surface area contributed by atoms with E-state index in [-0.39, 0.29) is 12.7 Å². The maximum Gasteiger partial charge on any atom is 0.365 e. The van der Waals surface area contributed by atoms with Gasteiger partial charge in [-0.15, -0.1) is 0 Å². The van der Waals surface area contributed by atoms with Crippen molar-refractivity contribution >= 4 is 0 Å². The van der Waals surface area contributed by atoms with Crippen LogP contribution in [0.2, 0.25) is 0 Å². The van der Waals surface area contributed by atoms with Gasteiger partial charge in [-0.25, -0.2) is 0 Å². The molecule has 0 spiro atoms. The van der Waals surface area contributed by atoms with E-state index in [0.29, 0.717) is 23.3 Å². The van der Waals surface area contributed by atoms with Crippen LogP contribution in [0.5, 0.6) is 0 Å². The van der Waals surface area contributed by atoms with Crippen molar-refractivity contribution in [1.29, 1.82) is 0 Å². The summed E-state index contributed by atoms with van der Waals surface area (Å²) in [4.78, 5) is 0. The lowest BCUT2D eigenvalue weighted by Gasteiger charge is -2.39. The molecule has 0 radical (unpaired) electrons. The van der Waals surface area contributed by atoms with Crippen molar-refractivity contribution in [2.24, 2.45) is 17.8 Å². The maximum absolute atomic E-state index is 9.74. The van der Waals surface area contributed by atoms with Crippen LogP contribution in [0, 0.1) is 17.8 Å². The Balaban J connectivity index is 1.77. The fourth-order valence-corrected chi connectivity index (χ4v) is 3.90. The summed E-state index contributed by atoms with van der Waals surface area (Å²) in [6, 6.07) is 9.26. The number of ether oxygens (including phenoxy) is 3. The molecule has 1 fully saturated rings. The summed E-state index contributed by atoms with van der Waals surface area (Å²) < 4.78 is 17.3. The van der Waals surface area contributed by atoms with E-state index in [4.69, 9.17) is 14.2 Å². The molecule has 3 atom stereocenters. The average Bonchev–Trinajstić information content (AvgIpc) is 2.89. The monoisotopic (exact) mass is 348 g/mol. The van der Waals surface area contributed by atoms with E-state index in [9.17, 15) is 10.2 Å². The van der Waals surface area contributed by atoms with Crippen LogP contribution in [-0.4, -0.2) is 22.9 Å². The fraction of sp³-hybridized carbons (Fsp3) is 0.600. The zero-order chi connectivity index (χ0) is 18.0. The third kappa shape index (κ3) is 3.71. The topological polar surface area (TPSA) is 68.2 Å². The number of aliphatic hydroxyl groups is 2. The summed E-state index contributed by atoms with van der Waals surface area (Å²) in [7, 11) is 0. The quantitative estimate of drug-likeness (QED) is 0.813. The molecule has 5 nitrogen and oxygen atoms in total. The molecule has 3 unspecified atom stereocenters. The molecular weight excluding hydrogens is 320 g/mol. The van der Waals surface area contributed by atoms with Crippen molar-refractivity contribution in [3.63, 3.8) is 0 Å².